The molecular weight excluding hydrogens is 310 g/mol. The average Bonchev–Trinajstić information content (AvgIpc) is 2.48. The van der Waals surface area contributed by atoms with Crippen LogP contribution in [0, 0.1) is 0 Å². The molecule has 0 aliphatic heterocycles. The third-order valence-corrected chi connectivity index (χ3v) is 3.65. The van der Waals surface area contributed by atoms with Gasteiger partial charge in [-0.3, -0.25) is 4.18 Å². The van der Waals surface area contributed by atoms with Gasteiger partial charge in [0.2, 0.25) is 0 Å². The summed E-state index contributed by atoms with van der Waals surface area (Å²) in [7, 11) is -2.62. The summed E-state index contributed by atoms with van der Waals surface area (Å²) in [5, 5.41) is 0. The highest BCUT2D eigenvalue weighted by molar-refractivity contribution is 7.67. The van der Waals surface area contributed by atoms with E-state index in [4.69, 9.17) is 0 Å². The van der Waals surface area contributed by atoms with Crippen molar-refractivity contribution >= 4 is 11.0 Å². The number of thiol groups is 1. The summed E-state index contributed by atoms with van der Waals surface area (Å²) in [5.41, 5.74) is 0. The second-order valence-corrected chi connectivity index (χ2v) is 6.05. The Morgan fingerprint density at radius 2 is 1.26 bits per heavy atom. The van der Waals surface area contributed by atoms with E-state index in [1.165, 1.54) is 0 Å². The quantitative estimate of drug-likeness (QED) is 0.226. The van der Waals surface area contributed by atoms with Gasteiger partial charge < -0.3 is 4.48 Å². The fourth-order valence-electron chi connectivity index (χ4n) is 2.21. The number of hydrogen-bond acceptors (Lipinski definition) is 3. The van der Waals surface area contributed by atoms with Crippen LogP contribution in [0.1, 0.15) is 32.6 Å². The van der Waals surface area contributed by atoms with E-state index in [0.717, 1.165) is 56.3 Å². The molecule has 0 fully saturated rings. The maximum atomic E-state index is 9.85. The fourth-order valence-corrected chi connectivity index (χ4v) is 2.49. The summed E-state index contributed by atoms with van der Waals surface area (Å²) in [4.78, 5) is 0. The molecule has 0 aliphatic rings. The lowest BCUT2D eigenvalue weighted by Gasteiger charge is -2.35. The predicted octanol–water partition coefficient (Wildman–Crippen LogP) is 3.66. The molecule has 0 saturated carbocycles. The standard InChI is InChI=1S/C12H20N.C6H14O3S/c1-5-9-13(10-6-2,11-7-3)12-8-4;1-2-3-4-5-6-9-10(7)8/h5-8H,1-4,9-12H2;10H,2-6H2,1H3/q+1;. The number of nitrogens with zero attached hydrogens (tertiary/aromatic N) is 1. The maximum Gasteiger partial charge on any atom is 0.257 e. The van der Waals surface area contributed by atoms with E-state index < -0.39 is 11.0 Å². The molecule has 0 saturated heterocycles. The minimum absolute atomic E-state index is 0.346. The van der Waals surface area contributed by atoms with Gasteiger partial charge in [-0.2, -0.15) is 0 Å². The van der Waals surface area contributed by atoms with E-state index in [-0.39, 0.29) is 0 Å². The molecule has 0 aromatic rings. The smallest absolute Gasteiger partial charge is 0.257 e. The Morgan fingerprint density at radius 3 is 1.57 bits per heavy atom. The van der Waals surface area contributed by atoms with Gasteiger partial charge in [-0.15, -0.1) is 0 Å². The highest BCUT2D eigenvalue weighted by atomic mass is 32.2. The van der Waals surface area contributed by atoms with Crippen molar-refractivity contribution in [2.24, 2.45) is 0 Å². The lowest BCUT2D eigenvalue weighted by molar-refractivity contribution is -0.906. The molecule has 0 unspecified atom stereocenters. The zero-order valence-corrected chi connectivity index (χ0v) is 15.5. The van der Waals surface area contributed by atoms with Gasteiger partial charge in [-0.1, -0.05) is 52.5 Å². The Bertz CT molecular complexity index is 350. The highest BCUT2D eigenvalue weighted by Crippen LogP contribution is 2.07. The van der Waals surface area contributed by atoms with Crippen LogP contribution in [0.5, 0.6) is 0 Å². The molecule has 0 atom stereocenters. The third-order valence-electron chi connectivity index (χ3n) is 3.26. The summed E-state index contributed by atoms with van der Waals surface area (Å²) in [5.74, 6) is 0. The van der Waals surface area contributed by atoms with Gasteiger partial charge >= 0.3 is 0 Å². The molecule has 0 aromatic heterocycles. The topological polar surface area (TPSA) is 43.4 Å². The molecule has 4 nitrogen and oxygen atoms in total. The van der Waals surface area contributed by atoms with Gasteiger partial charge in [0, 0.05) is 0 Å². The number of quaternary nitrogens is 1. The molecule has 0 amide bonds. The molecule has 5 heteroatoms. The molecule has 0 radical (unpaired) electrons. The highest BCUT2D eigenvalue weighted by Gasteiger charge is 2.20. The first-order valence-electron chi connectivity index (χ1n) is 8.07. The number of rotatable bonds is 14. The van der Waals surface area contributed by atoms with E-state index >= 15 is 0 Å². The van der Waals surface area contributed by atoms with Crippen LogP contribution in [-0.2, 0) is 15.2 Å². The van der Waals surface area contributed by atoms with Gasteiger partial charge in [0.05, 0.1) is 32.8 Å². The first-order valence-corrected chi connectivity index (χ1v) is 9.17. The Hall–Kier alpha value is -1.17. The predicted molar refractivity (Wildman–Crippen MR) is 101 cm³/mol. The van der Waals surface area contributed by atoms with Crippen LogP contribution in [0.4, 0.5) is 0 Å². The zero-order valence-electron chi connectivity index (χ0n) is 14.6. The maximum absolute atomic E-state index is 9.85. The van der Waals surface area contributed by atoms with Crippen molar-refractivity contribution in [3.63, 3.8) is 0 Å². The first kappa shape index (κ1) is 24.1. The largest absolute Gasteiger partial charge is 0.311 e. The van der Waals surface area contributed by atoms with Gasteiger partial charge in [0.15, 0.2) is 0 Å². The number of hydrogen-bond donors (Lipinski definition) is 1. The van der Waals surface area contributed by atoms with Crippen molar-refractivity contribution in [2.75, 3.05) is 32.8 Å². The fraction of sp³-hybridized carbons (Fsp3) is 0.556. The van der Waals surface area contributed by atoms with Crippen molar-refractivity contribution in [3.8, 4) is 0 Å². The molecule has 0 N–H and O–H groups in total. The van der Waals surface area contributed by atoms with Crippen LogP contribution in [0.3, 0.4) is 0 Å². The summed E-state index contributed by atoms with van der Waals surface area (Å²) in [6.45, 7) is 21.3. The van der Waals surface area contributed by atoms with Gasteiger partial charge in [-0.05, 0) is 30.7 Å². The van der Waals surface area contributed by atoms with Crippen molar-refractivity contribution < 1.29 is 17.1 Å². The number of unbranched alkanes of at least 4 members (excludes halogenated alkanes) is 3. The van der Waals surface area contributed by atoms with Crippen LogP contribution in [-0.4, -0.2) is 45.7 Å². The Kier molecular flexibility index (Phi) is 18.0. The van der Waals surface area contributed by atoms with Gasteiger partial charge in [0.1, 0.15) is 0 Å². The summed E-state index contributed by atoms with van der Waals surface area (Å²) < 4.78 is 24.9. The lowest BCUT2D eigenvalue weighted by Crippen LogP contribution is -2.48. The summed E-state index contributed by atoms with van der Waals surface area (Å²) in [6, 6.07) is 0. The van der Waals surface area contributed by atoms with Crippen LogP contribution < -0.4 is 0 Å². The van der Waals surface area contributed by atoms with E-state index in [0.29, 0.717) is 6.61 Å². The minimum Gasteiger partial charge on any atom is -0.311 e. The molecule has 0 spiro atoms. The summed E-state index contributed by atoms with van der Waals surface area (Å²) in [6.07, 6.45) is 12.0. The normalized spacial score (nSPS) is 10.5. The first-order chi connectivity index (χ1) is 11.0. The van der Waals surface area contributed by atoms with Crippen LogP contribution in [0.2, 0.25) is 0 Å². The van der Waals surface area contributed by atoms with E-state index in [1.54, 1.807) is 0 Å². The Balaban J connectivity index is 0. The molecule has 0 aromatic carbocycles. The molecular formula is C18H34NO3S+. The second kappa shape index (κ2) is 17.2. The molecule has 0 rings (SSSR count). The van der Waals surface area contributed by atoms with Gasteiger partial charge in [0.25, 0.3) is 11.0 Å². The Morgan fingerprint density at radius 1 is 0.826 bits per heavy atom. The average molecular weight is 345 g/mol. The zero-order chi connectivity index (χ0) is 18.0. The molecule has 0 bridgehead atoms. The van der Waals surface area contributed by atoms with Crippen molar-refractivity contribution in [1.82, 2.24) is 0 Å². The van der Waals surface area contributed by atoms with Gasteiger partial charge in [-0.25, -0.2) is 8.42 Å². The molecule has 0 heterocycles. The SMILES string of the molecule is C=CC[N+](CC=C)(CC=C)CC=C.CCCCCCO[SH](=O)=O. The van der Waals surface area contributed by atoms with Crippen molar-refractivity contribution in [3.05, 3.63) is 50.6 Å². The molecule has 0 aliphatic carbocycles. The lowest BCUT2D eigenvalue weighted by atomic mass is 10.2. The van der Waals surface area contributed by atoms with Crippen molar-refractivity contribution in [1.29, 1.82) is 0 Å². The van der Waals surface area contributed by atoms with E-state index in [9.17, 15) is 8.42 Å². The van der Waals surface area contributed by atoms with Crippen LogP contribution in [0.25, 0.3) is 0 Å². The van der Waals surface area contributed by atoms with Crippen LogP contribution >= 0.6 is 0 Å². The Labute approximate surface area is 144 Å². The van der Waals surface area contributed by atoms with Crippen LogP contribution in [0.15, 0.2) is 50.6 Å². The van der Waals surface area contributed by atoms with Crippen molar-refractivity contribution in [2.45, 2.75) is 32.6 Å². The monoisotopic (exact) mass is 344 g/mol. The third kappa shape index (κ3) is 15.5. The van der Waals surface area contributed by atoms with E-state index in [2.05, 4.69) is 37.4 Å². The molecule has 134 valence electrons. The van der Waals surface area contributed by atoms with E-state index in [1.807, 2.05) is 24.3 Å². The summed E-state index contributed by atoms with van der Waals surface area (Å²) >= 11 is 0. The minimum atomic E-state index is -2.62. The second-order valence-electron chi connectivity index (χ2n) is 5.34. The molecule has 23 heavy (non-hydrogen) atoms.